The van der Waals surface area contributed by atoms with Crippen molar-refractivity contribution >= 4 is 61.6 Å². The molecule has 5 heterocycles. The topological polar surface area (TPSA) is 127 Å². The van der Waals surface area contributed by atoms with Gasteiger partial charge < -0.3 is 29.9 Å². The van der Waals surface area contributed by atoms with Crippen LogP contribution in [-0.4, -0.2) is 80.9 Å². The molecule has 2 N–H and O–H groups in total. The SMILES string of the molecule is COc1cccc(-c2nc3c(Nc4cccc(N(C)C)c4)nccn3c2-c2cnn(C)c2)c1.COc1cccc(-c2nc3c(Nc4cccc(N(C)C)c4)nccn3c2Br)c1. The van der Waals surface area contributed by atoms with Gasteiger partial charge in [0, 0.05) is 106 Å². The molecule has 0 aliphatic heterocycles. The zero-order chi connectivity index (χ0) is 42.6. The van der Waals surface area contributed by atoms with E-state index in [1.807, 2.05) is 137 Å². The lowest BCUT2D eigenvalue weighted by Crippen LogP contribution is -2.08. The zero-order valence-electron chi connectivity index (χ0n) is 34.9. The van der Waals surface area contributed by atoms with Crippen LogP contribution in [0.5, 0.6) is 11.5 Å². The van der Waals surface area contributed by atoms with Gasteiger partial charge in [-0.05, 0) is 76.6 Å². The van der Waals surface area contributed by atoms with Gasteiger partial charge in [0.1, 0.15) is 21.8 Å². The standard InChI is InChI=1S/C25H25N7O.C21H20BrN5O/c1-30(2)20-9-6-8-19(14-20)28-24-25-29-22(17-7-5-10-21(13-17)33-4)23(32(25)12-11-26-24)18-15-27-31(3)16-18;1-26(2)16-8-5-7-15(13-16)24-20-21-25-18(19(22)27(21)11-10-23-20)14-6-4-9-17(12-14)28-3/h5-16H,1-4H3,(H,26,28);4-13H,1-3H3,(H,23,24). The highest BCUT2D eigenvalue weighted by molar-refractivity contribution is 9.10. The average molecular weight is 878 g/mol. The van der Waals surface area contributed by atoms with E-state index in [1.54, 1.807) is 31.3 Å². The minimum atomic E-state index is 0.674. The average Bonchev–Trinajstić information content (AvgIpc) is 3.99. The van der Waals surface area contributed by atoms with Crippen molar-refractivity contribution in [3.05, 3.63) is 139 Å². The normalized spacial score (nSPS) is 11.0. The van der Waals surface area contributed by atoms with Crippen molar-refractivity contribution in [1.29, 1.82) is 0 Å². The first-order valence-corrected chi connectivity index (χ1v) is 20.2. The molecule has 14 nitrogen and oxygen atoms in total. The fourth-order valence-electron chi connectivity index (χ4n) is 6.84. The molecular formula is C46H45BrN12O2. The molecule has 9 aromatic rings. The summed E-state index contributed by atoms with van der Waals surface area (Å²) in [6.45, 7) is 0. The number of hydrogen-bond donors (Lipinski definition) is 2. The molecule has 5 aromatic heterocycles. The number of anilines is 6. The Morgan fingerprint density at radius 1 is 0.607 bits per heavy atom. The van der Waals surface area contributed by atoms with E-state index in [0.717, 1.165) is 83.9 Å². The number of ether oxygens (including phenoxy) is 2. The number of imidazole rings is 2. The number of aryl methyl sites for hydroxylation is 1. The van der Waals surface area contributed by atoms with Crippen LogP contribution in [0.2, 0.25) is 0 Å². The Hall–Kier alpha value is -7.39. The molecule has 61 heavy (non-hydrogen) atoms. The summed E-state index contributed by atoms with van der Waals surface area (Å²) in [5.74, 6) is 2.93. The molecule has 0 spiro atoms. The van der Waals surface area contributed by atoms with Crippen molar-refractivity contribution in [2.75, 3.05) is 62.8 Å². The maximum Gasteiger partial charge on any atom is 0.181 e. The minimum Gasteiger partial charge on any atom is -0.497 e. The number of halogens is 1. The number of hydrogen-bond acceptors (Lipinski definition) is 11. The Morgan fingerprint density at radius 3 is 1.64 bits per heavy atom. The van der Waals surface area contributed by atoms with Crippen LogP contribution in [0.3, 0.4) is 0 Å². The summed E-state index contributed by atoms with van der Waals surface area (Å²) in [5.41, 5.74) is 11.1. The fourth-order valence-corrected chi connectivity index (χ4v) is 7.45. The molecule has 0 fully saturated rings. The lowest BCUT2D eigenvalue weighted by atomic mass is 10.1. The van der Waals surface area contributed by atoms with Crippen molar-refractivity contribution in [2.45, 2.75) is 0 Å². The molecule has 0 amide bonds. The van der Waals surface area contributed by atoms with Crippen LogP contribution in [-0.2, 0) is 7.05 Å². The van der Waals surface area contributed by atoms with Gasteiger partial charge in [0.15, 0.2) is 22.9 Å². The summed E-state index contributed by atoms with van der Waals surface area (Å²) in [6.07, 6.45) is 11.2. The predicted molar refractivity (Wildman–Crippen MR) is 248 cm³/mol. The lowest BCUT2D eigenvalue weighted by molar-refractivity contribution is 0.415. The van der Waals surface area contributed by atoms with Crippen LogP contribution in [0, 0.1) is 0 Å². The molecule has 0 aliphatic carbocycles. The van der Waals surface area contributed by atoms with Crippen LogP contribution in [0.4, 0.5) is 34.4 Å². The van der Waals surface area contributed by atoms with Gasteiger partial charge in [-0.1, -0.05) is 36.4 Å². The Kier molecular flexibility index (Phi) is 11.6. The van der Waals surface area contributed by atoms with Crippen LogP contribution in [0.1, 0.15) is 0 Å². The number of aromatic nitrogens is 8. The van der Waals surface area contributed by atoms with E-state index < -0.39 is 0 Å². The quantitative estimate of drug-likeness (QED) is 0.129. The third-order valence-electron chi connectivity index (χ3n) is 9.94. The summed E-state index contributed by atoms with van der Waals surface area (Å²) in [7, 11) is 13.3. The van der Waals surface area contributed by atoms with Crippen LogP contribution in [0.15, 0.2) is 139 Å². The van der Waals surface area contributed by atoms with Gasteiger partial charge >= 0.3 is 0 Å². The molecule has 0 saturated carbocycles. The highest BCUT2D eigenvalue weighted by Gasteiger charge is 2.21. The number of methoxy groups -OCH3 is 2. The molecule has 15 heteroatoms. The monoisotopic (exact) mass is 876 g/mol. The van der Waals surface area contributed by atoms with E-state index in [1.165, 1.54) is 0 Å². The summed E-state index contributed by atoms with van der Waals surface area (Å²) >= 11 is 3.68. The number of benzene rings is 4. The van der Waals surface area contributed by atoms with Gasteiger partial charge in [0.05, 0.1) is 31.8 Å². The van der Waals surface area contributed by atoms with E-state index in [-0.39, 0.29) is 0 Å². The molecule has 308 valence electrons. The van der Waals surface area contributed by atoms with Gasteiger partial charge in [0.25, 0.3) is 0 Å². The van der Waals surface area contributed by atoms with Crippen LogP contribution in [0.25, 0.3) is 45.1 Å². The number of fused-ring (bicyclic) bond motifs is 2. The molecule has 0 unspecified atom stereocenters. The van der Waals surface area contributed by atoms with Gasteiger partial charge in [-0.25, -0.2) is 19.9 Å². The first-order valence-electron chi connectivity index (χ1n) is 19.4. The summed E-state index contributed by atoms with van der Waals surface area (Å²) in [6, 6.07) is 32.1. The number of nitrogens with zero attached hydrogens (tertiary/aromatic N) is 10. The highest BCUT2D eigenvalue weighted by Crippen LogP contribution is 2.37. The zero-order valence-corrected chi connectivity index (χ0v) is 36.5. The van der Waals surface area contributed by atoms with Gasteiger partial charge in [0.2, 0.25) is 0 Å². The second-order valence-corrected chi connectivity index (χ2v) is 15.3. The van der Waals surface area contributed by atoms with Crippen molar-refractivity contribution in [3.8, 4) is 45.3 Å². The highest BCUT2D eigenvalue weighted by atomic mass is 79.9. The second-order valence-electron chi connectivity index (χ2n) is 14.5. The Balaban J connectivity index is 0.000000171. The third-order valence-corrected chi connectivity index (χ3v) is 10.7. The molecule has 0 saturated heterocycles. The van der Waals surface area contributed by atoms with E-state index in [4.69, 9.17) is 19.4 Å². The predicted octanol–water partition coefficient (Wildman–Crippen LogP) is 9.59. The van der Waals surface area contributed by atoms with E-state index in [2.05, 4.69) is 80.1 Å². The molecule has 9 rings (SSSR count). The minimum absolute atomic E-state index is 0.674. The Bertz CT molecular complexity index is 2970. The summed E-state index contributed by atoms with van der Waals surface area (Å²) < 4.78 is 17.5. The van der Waals surface area contributed by atoms with Crippen molar-refractivity contribution in [2.24, 2.45) is 7.05 Å². The molecule has 0 bridgehead atoms. The first-order chi connectivity index (χ1) is 29.6. The maximum absolute atomic E-state index is 5.45. The third kappa shape index (κ3) is 8.54. The van der Waals surface area contributed by atoms with Crippen molar-refractivity contribution in [3.63, 3.8) is 0 Å². The Labute approximate surface area is 362 Å². The van der Waals surface area contributed by atoms with Crippen molar-refractivity contribution in [1.82, 2.24) is 38.5 Å². The number of nitrogens with one attached hydrogen (secondary N) is 2. The van der Waals surface area contributed by atoms with Gasteiger partial charge in [-0.2, -0.15) is 5.10 Å². The summed E-state index contributed by atoms with van der Waals surface area (Å²) in [4.78, 5) is 23.1. The Morgan fingerprint density at radius 2 is 1.11 bits per heavy atom. The molecule has 0 radical (unpaired) electrons. The summed E-state index contributed by atoms with van der Waals surface area (Å²) in [5, 5.41) is 11.2. The van der Waals surface area contributed by atoms with E-state index in [9.17, 15) is 0 Å². The van der Waals surface area contributed by atoms with Gasteiger partial charge in [-0.3, -0.25) is 13.5 Å². The maximum atomic E-state index is 5.45. The molecular weight excluding hydrogens is 832 g/mol. The fraction of sp³-hybridized carbons (Fsp3) is 0.152. The number of rotatable bonds is 11. The van der Waals surface area contributed by atoms with Crippen LogP contribution < -0.4 is 29.9 Å². The molecule has 0 atom stereocenters. The van der Waals surface area contributed by atoms with E-state index >= 15 is 0 Å². The second kappa shape index (κ2) is 17.5. The molecule has 0 aliphatic rings. The van der Waals surface area contributed by atoms with Gasteiger partial charge in [-0.15, -0.1) is 0 Å². The lowest BCUT2D eigenvalue weighted by Gasteiger charge is -2.14. The van der Waals surface area contributed by atoms with Crippen molar-refractivity contribution < 1.29 is 9.47 Å². The smallest absolute Gasteiger partial charge is 0.181 e. The largest absolute Gasteiger partial charge is 0.497 e. The van der Waals surface area contributed by atoms with E-state index in [0.29, 0.717) is 11.6 Å². The van der Waals surface area contributed by atoms with Crippen LogP contribution >= 0.6 is 15.9 Å². The first kappa shape index (κ1) is 40.4. The molecule has 4 aromatic carbocycles.